The minimum Gasteiger partial charge on any atom is -0.508 e. The molecule has 134 valence electrons. The maximum atomic E-state index is 12.3. The van der Waals surface area contributed by atoms with E-state index in [1.165, 1.54) is 12.1 Å². The molecule has 3 aromatic rings. The number of benzene rings is 3. The van der Waals surface area contributed by atoms with Gasteiger partial charge in [-0.3, -0.25) is 4.79 Å². The highest BCUT2D eigenvalue weighted by Gasteiger charge is 2.26. The Bertz CT molecular complexity index is 999. The van der Waals surface area contributed by atoms with Crippen LogP contribution in [0.1, 0.15) is 34.0 Å². The maximum absolute atomic E-state index is 12.3. The van der Waals surface area contributed by atoms with Gasteiger partial charge in [0.1, 0.15) is 17.6 Å². The lowest BCUT2D eigenvalue weighted by atomic mass is 9.96. The molecule has 27 heavy (non-hydrogen) atoms. The predicted octanol–water partition coefficient (Wildman–Crippen LogP) is 4.05. The molecular formula is C22H18N2O3. The average molecular weight is 358 g/mol. The average Bonchev–Trinajstić information content (AvgIpc) is 2.72. The highest BCUT2D eigenvalue weighted by molar-refractivity contribution is 6.05. The number of aromatic hydroxyl groups is 1. The zero-order valence-electron chi connectivity index (χ0n) is 14.5. The van der Waals surface area contributed by atoms with Gasteiger partial charge in [-0.2, -0.15) is 5.10 Å². The number of nitrogens with zero attached hydrogens (tertiary/aromatic N) is 1. The Labute approximate surface area is 156 Å². The van der Waals surface area contributed by atoms with Gasteiger partial charge in [0.05, 0.1) is 5.71 Å². The van der Waals surface area contributed by atoms with Gasteiger partial charge >= 0.3 is 0 Å². The summed E-state index contributed by atoms with van der Waals surface area (Å²) in [5, 5.41) is 13.9. The molecule has 1 aliphatic rings. The highest BCUT2D eigenvalue weighted by Crippen LogP contribution is 2.34. The van der Waals surface area contributed by atoms with Gasteiger partial charge in [-0.1, -0.05) is 48.5 Å². The molecule has 0 aromatic heterocycles. The second kappa shape index (κ2) is 7.33. The zero-order valence-corrected chi connectivity index (χ0v) is 14.5. The van der Waals surface area contributed by atoms with Gasteiger partial charge in [0.2, 0.25) is 0 Å². The molecule has 1 aliphatic heterocycles. The number of fused-ring (bicyclic) bond motifs is 1. The van der Waals surface area contributed by atoms with Crippen LogP contribution < -0.4 is 10.2 Å². The molecule has 0 saturated heterocycles. The van der Waals surface area contributed by atoms with Crippen molar-refractivity contribution in [3.8, 4) is 11.5 Å². The number of hydrazone groups is 1. The molecule has 0 fully saturated rings. The minimum atomic E-state index is -0.376. The van der Waals surface area contributed by atoms with E-state index in [1.54, 1.807) is 12.1 Å². The maximum Gasteiger partial charge on any atom is 0.271 e. The topological polar surface area (TPSA) is 70.9 Å². The number of phenolic OH excluding ortho intramolecular Hbond substituents is 1. The Kier molecular flexibility index (Phi) is 4.58. The van der Waals surface area contributed by atoms with Gasteiger partial charge in [-0.25, -0.2) is 5.43 Å². The lowest BCUT2D eigenvalue weighted by Gasteiger charge is -2.27. The Hall–Kier alpha value is -3.60. The van der Waals surface area contributed by atoms with Gasteiger partial charge in [0.25, 0.3) is 5.91 Å². The van der Waals surface area contributed by atoms with Crippen LogP contribution in [-0.4, -0.2) is 16.7 Å². The van der Waals surface area contributed by atoms with Crippen molar-refractivity contribution in [3.05, 3.63) is 95.6 Å². The van der Waals surface area contributed by atoms with Crippen LogP contribution in [0.15, 0.2) is 84.0 Å². The number of hydrogen-bond acceptors (Lipinski definition) is 4. The molecule has 1 heterocycles. The molecule has 0 aliphatic carbocycles. The fourth-order valence-corrected chi connectivity index (χ4v) is 3.08. The first kappa shape index (κ1) is 16.8. The van der Waals surface area contributed by atoms with E-state index in [2.05, 4.69) is 10.5 Å². The Morgan fingerprint density at radius 1 is 1.00 bits per heavy atom. The number of carbonyl (C=O) groups is 1. The van der Waals surface area contributed by atoms with E-state index < -0.39 is 0 Å². The largest absolute Gasteiger partial charge is 0.508 e. The quantitative estimate of drug-likeness (QED) is 0.694. The number of carbonyl (C=O) groups excluding carboxylic acids is 1. The van der Waals surface area contributed by atoms with Crippen LogP contribution in [0.5, 0.6) is 11.5 Å². The standard InChI is InChI=1S/C22H18N2O3/c25-17-10-6-9-16(13-17)22(26)24-23-19-14-21(15-7-2-1-3-8-15)27-20-12-5-4-11-18(19)20/h1-13,21,25H,14H2,(H,24,26)/b23-19-/t21-/m0/s1. The number of ether oxygens (including phenoxy) is 1. The number of amides is 1. The molecule has 1 atom stereocenters. The normalized spacial score (nSPS) is 17.0. The molecule has 5 nitrogen and oxygen atoms in total. The molecule has 3 aromatic carbocycles. The van der Waals surface area contributed by atoms with E-state index in [0.717, 1.165) is 22.6 Å². The van der Waals surface area contributed by atoms with Gasteiger partial charge in [-0.05, 0) is 35.9 Å². The summed E-state index contributed by atoms with van der Waals surface area (Å²) < 4.78 is 6.13. The van der Waals surface area contributed by atoms with Crippen LogP contribution in [-0.2, 0) is 0 Å². The van der Waals surface area contributed by atoms with Crippen molar-refractivity contribution >= 4 is 11.6 Å². The Balaban J connectivity index is 1.62. The summed E-state index contributed by atoms with van der Waals surface area (Å²) in [7, 11) is 0. The summed E-state index contributed by atoms with van der Waals surface area (Å²) in [6.45, 7) is 0. The third-order valence-corrected chi connectivity index (χ3v) is 4.42. The van der Waals surface area contributed by atoms with Gasteiger partial charge in [0, 0.05) is 17.5 Å². The second-order valence-electron chi connectivity index (χ2n) is 6.27. The predicted molar refractivity (Wildman–Crippen MR) is 103 cm³/mol. The first-order chi connectivity index (χ1) is 13.2. The van der Waals surface area contributed by atoms with Gasteiger partial charge in [0.15, 0.2) is 0 Å². The molecule has 0 unspecified atom stereocenters. The van der Waals surface area contributed by atoms with E-state index in [4.69, 9.17) is 4.74 Å². The first-order valence-electron chi connectivity index (χ1n) is 8.67. The smallest absolute Gasteiger partial charge is 0.271 e. The van der Waals surface area contributed by atoms with Crippen LogP contribution >= 0.6 is 0 Å². The lowest BCUT2D eigenvalue weighted by Crippen LogP contribution is -2.25. The Morgan fingerprint density at radius 3 is 2.59 bits per heavy atom. The van der Waals surface area contributed by atoms with E-state index in [9.17, 15) is 9.90 Å². The molecule has 1 amide bonds. The summed E-state index contributed by atoms with van der Waals surface area (Å²) in [5.41, 5.74) is 5.60. The fraction of sp³-hybridized carbons (Fsp3) is 0.0909. The third kappa shape index (κ3) is 3.67. The van der Waals surface area contributed by atoms with E-state index >= 15 is 0 Å². The minimum absolute atomic E-state index is 0.0378. The van der Waals surface area contributed by atoms with Crippen LogP contribution in [0.4, 0.5) is 0 Å². The third-order valence-electron chi connectivity index (χ3n) is 4.42. The first-order valence-corrected chi connectivity index (χ1v) is 8.67. The summed E-state index contributed by atoms with van der Waals surface area (Å²) in [5.74, 6) is 0.400. The number of nitrogens with one attached hydrogen (secondary N) is 1. The summed E-state index contributed by atoms with van der Waals surface area (Å²) in [6, 6.07) is 23.8. The van der Waals surface area contributed by atoms with Gasteiger partial charge < -0.3 is 9.84 Å². The fourth-order valence-electron chi connectivity index (χ4n) is 3.08. The van der Waals surface area contributed by atoms with Crippen molar-refractivity contribution in [1.29, 1.82) is 0 Å². The summed E-state index contributed by atoms with van der Waals surface area (Å²) >= 11 is 0. The Morgan fingerprint density at radius 2 is 1.78 bits per heavy atom. The summed E-state index contributed by atoms with van der Waals surface area (Å²) in [4.78, 5) is 12.3. The van der Waals surface area contributed by atoms with Crippen LogP contribution in [0, 0.1) is 0 Å². The molecule has 0 saturated carbocycles. The van der Waals surface area contributed by atoms with Crippen molar-refractivity contribution in [1.82, 2.24) is 5.43 Å². The van der Waals surface area contributed by atoms with Crippen molar-refractivity contribution in [2.24, 2.45) is 5.10 Å². The summed E-state index contributed by atoms with van der Waals surface area (Å²) in [6.07, 6.45) is 0.374. The van der Waals surface area contributed by atoms with E-state index in [1.807, 2.05) is 54.6 Å². The van der Waals surface area contributed by atoms with Crippen LogP contribution in [0.3, 0.4) is 0 Å². The van der Waals surface area contributed by atoms with Crippen molar-refractivity contribution in [2.45, 2.75) is 12.5 Å². The van der Waals surface area contributed by atoms with E-state index in [0.29, 0.717) is 12.0 Å². The highest BCUT2D eigenvalue weighted by atomic mass is 16.5. The van der Waals surface area contributed by atoms with Crippen molar-refractivity contribution in [2.75, 3.05) is 0 Å². The van der Waals surface area contributed by atoms with Crippen molar-refractivity contribution in [3.63, 3.8) is 0 Å². The van der Waals surface area contributed by atoms with E-state index in [-0.39, 0.29) is 17.8 Å². The number of para-hydroxylation sites is 1. The molecule has 4 rings (SSSR count). The lowest BCUT2D eigenvalue weighted by molar-refractivity contribution is 0.0954. The van der Waals surface area contributed by atoms with Crippen LogP contribution in [0.2, 0.25) is 0 Å². The number of rotatable bonds is 3. The second-order valence-corrected chi connectivity index (χ2v) is 6.27. The van der Waals surface area contributed by atoms with Gasteiger partial charge in [-0.15, -0.1) is 0 Å². The number of hydrogen-bond donors (Lipinski definition) is 2. The molecule has 0 spiro atoms. The molecule has 5 heteroatoms. The number of phenols is 1. The SMILES string of the molecule is O=C(N/N=C1/C[C@@H](c2ccccc2)Oc2ccccc21)c1cccc(O)c1. The van der Waals surface area contributed by atoms with Crippen LogP contribution in [0.25, 0.3) is 0 Å². The monoisotopic (exact) mass is 358 g/mol. The van der Waals surface area contributed by atoms with Crippen molar-refractivity contribution < 1.29 is 14.6 Å². The zero-order chi connectivity index (χ0) is 18.6. The molecule has 2 N–H and O–H groups in total. The molecule has 0 radical (unpaired) electrons. The molecule has 0 bridgehead atoms. The molecular weight excluding hydrogens is 340 g/mol.